The Morgan fingerprint density at radius 2 is 1.81 bits per heavy atom. The van der Waals surface area contributed by atoms with Crippen LogP contribution in [0.2, 0.25) is 0 Å². The SMILES string of the molecule is Cc1cc(C#N)cc(C)c1C(O)C(O)CN. The molecule has 0 fully saturated rings. The molecule has 0 amide bonds. The van der Waals surface area contributed by atoms with E-state index < -0.39 is 12.2 Å². The molecule has 0 radical (unpaired) electrons. The number of nitrogens with two attached hydrogens (primary N) is 1. The summed E-state index contributed by atoms with van der Waals surface area (Å²) in [7, 11) is 0. The van der Waals surface area contributed by atoms with E-state index in [1.54, 1.807) is 26.0 Å². The van der Waals surface area contributed by atoms with Gasteiger partial charge in [0.1, 0.15) is 6.10 Å². The largest absolute Gasteiger partial charge is 0.389 e. The smallest absolute Gasteiger partial charge is 0.107 e. The molecule has 4 nitrogen and oxygen atoms in total. The van der Waals surface area contributed by atoms with Gasteiger partial charge in [0.25, 0.3) is 0 Å². The van der Waals surface area contributed by atoms with E-state index in [1.807, 2.05) is 6.07 Å². The number of aliphatic hydroxyl groups excluding tert-OH is 2. The van der Waals surface area contributed by atoms with Crippen molar-refractivity contribution in [1.29, 1.82) is 5.26 Å². The summed E-state index contributed by atoms with van der Waals surface area (Å²) in [5, 5.41) is 28.2. The zero-order chi connectivity index (χ0) is 12.3. The van der Waals surface area contributed by atoms with Gasteiger partial charge in [-0.25, -0.2) is 0 Å². The Hall–Kier alpha value is -1.41. The van der Waals surface area contributed by atoms with Crippen molar-refractivity contribution in [1.82, 2.24) is 0 Å². The van der Waals surface area contributed by atoms with E-state index in [1.165, 1.54) is 0 Å². The van der Waals surface area contributed by atoms with Gasteiger partial charge in [0, 0.05) is 6.54 Å². The van der Waals surface area contributed by atoms with Crippen LogP contribution in [-0.2, 0) is 0 Å². The van der Waals surface area contributed by atoms with Crippen LogP contribution in [0.25, 0.3) is 0 Å². The third-order valence-corrected chi connectivity index (χ3v) is 2.62. The Morgan fingerprint density at radius 3 is 2.19 bits per heavy atom. The number of hydrogen-bond donors (Lipinski definition) is 3. The maximum Gasteiger partial charge on any atom is 0.107 e. The van der Waals surface area contributed by atoms with Crippen LogP contribution in [0.3, 0.4) is 0 Å². The Labute approximate surface area is 94.9 Å². The molecule has 1 rings (SSSR count). The number of benzene rings is 1. The number of nitriles is 1. The van der Waals surface area contributed by atoms with Crippen LogP contribution in [-0.4, -0.2) is 22.9 Å². The van der Waals surface area contributed by atoms with Gasteiger partial charge in [-0.2, -0.15) is 5.26 Å². The molecule has 2 unspecified atom stereocenters. The molecular formula is C12H16N2O2. The molecule has 4 heteroatoms. The van der Waals surface area contributed by atoms with Crippen molar-refractivity contribution in [3.8, 4) is 6.07 Å². The molecule has 0 bridgehead atoms. The molecule has 0 saturated heterocycles. The molecular weight excluding hydrogens is 204 g/mol. The van der Waals surface area contributed by atoms with Gasteiger partial charge in [-0.1, -0.05) is 0 Å². The van der Waals surface area contributed by atoms with Crippen molar-refractivity contribution in [2.24, 2.45) is 5.73 Å². The normalized spacial score (nSPS) is 14.2. The third-order valence-electron chi connectivity index (χ3n) is 2.62. The van der Waals surface area contributed by atoms with Crippen molar-refractivity contribution in [3.63, 3.8) is 0 Å². The highest BCUT2D eigenvalue weighted by molar-refractivity contribution is 5.44. The Morgan fingerprint density at radius 1 is 1.31 bits per heavy atom. The molecule has 0 spiro atoms. The van der Waals surface area contributed by atoms with Crippen molar-refractivity contribution >= 4 is 0 Å². The molecule has 4 N–H and O–H groups in total. The van der Waals surface area contributed by atoms with E-state index in [0.717, 1.165) is 11.1 Å². The predicted molar refractivity (Wildman–Crippen MR) is 60.7 cm³/mol. The first-order chi connectivity index (χ1) is 7.51. The van der Waals surface area contributed by atoms with E-state index in [9.17, 15) is 10.2 Å². The lowest BCUT2D eigenvalue weighted by molar-refractivity contribution is 0.0236. The number of aryl methyl sites for hydroxylation is 2. The highest BCUT2D eigenvalue weighted by Gasteiger charge is 2.20. The zero-order valence-electron chi connectivity index (χ0n) is 9.44. The Bertz CT molecular complexity index is 401. The molecule has 86 valence electrons. The summed E-state index contributed by atoms with van der Waals surface area (Å²) < 4.78 is 0. The molecule has 0 aliphatic heterocycles. The predicted octanol–water partition coefficient (Wildman–Crippen LogP) is 0.528. The van der Waals surface area contributed by atoms with Crippen molar-refractivity contribution in [2.45, 2.75) is 26.1 Å². The maximum atomic E-state index is 9.90. The van der Waals surface area contributed by atoms with Crippen LogP contribution < -0.4 is 5.73 Å². The summed E-state index contributed by atoms with van der Waals surface area (Å²) in [5.41, 5.74) is 8.08. The van der Waals surface area contributed by atoms with Crippen LogP contribution in [0.1, 0.15) is 28.4 Å². The number of nitrogens with zero attached hydrogens (tertiary/aromatic N) is 1. The second kappa shape index (κ2) is 5.08. The van der Waals surface area contributed by atoms with E-state index in [0.29, 0.717) is 11.1 Å². The highest BCUT2D eigenvalue weighted by atomic mass is 16.3. The fourth-order valence-corrected chi connectivity index (χ4v) is 1.83. The number of aliphatic hydroxyl groups is 2. The van der Waals surface area contributed by atoms with Gasteiger partial charge in [-0.3, -0.25) is 0 Å². The Balaban J connectivity index is 3.20. The van der Waals surface area contributed by atoms with Crippen LogP contribution in [0.4, 0.5) is 0 Å². The van der Waals surface area contributed by atoms with Gasteiger partial charge in [0.2, 0.25) is 0 Å². The van der Waals surface area contributed by atoms with Gasteiger partial charge < -0.3 is 15.9 Å². The Kier molecular flexibility index (Phi) is 4.02. The van der Waals surface area contributed by atoms with Crippen LogP contribution in [0, 0.1) is 25.2 Å². The average molecular weight is 220 g/mol. The minimum absolute atomic E-state index is 0.0000477. The van der Waals surface area contributed by atoms with Crippen LogP contribution in [0.15, 0.2) is 12.1 Å². The topological polar surface area (TPSA) is 90.3 Å². The van der Waals surface area contributed by atoms with E-state index in [4.69, 9.17) is 11.0 Å². The maximum absolute atomic E-state index is 9.90. The number of rotatable bonds is 3. The minimum Gasteiger partial charge on any atom is -0.389 e. The van der Waals surface area contributed by atoms with Crippen molar-refractivity contribution in [3.05, 3.63) is 34.4 Å². The first-order valence-electron chi connectivity index (χ1n) is 5.08. The second-order valence-corrected chi connectivity index (χ2v) is 3.88. The average Bonchev–Trinajstić information content (AvgIpc) is 2.26. The van der Waals surface area contributed by atoms with Gasteiger partial charge in [0.05, 0.1) is 17.7 Å². The first-order valence-corrected chi connectivity index (χ1v) is 5.08. The molecule has 0 aliphatic carbocycles. The molecule has 0 heterocycles. The van der Waals surface area contributed by atoms with Gasteiger partial charge >= 0.3 is 0 Å². The third kappa shape index (κ3) is 2.39. The quantitative estimate of drug-likeness (QED) is 0.693. The van der Waals surface area contributed by atoms with Gasteiger partial charge in [-0.05, 0) is 42.7 Å². The fraction of sp³-hybridized carbons (Fsp3) is 0.417. The molecule has 0 aliphatic rings. The van der Waals surface area contributed by atoms with E-state index in [-0.39, 0.29) is 6.54 Å². The fourth-order valence-electron chi connectivity index (χ4n) is 1.83. The molecule has 1 aromatic carbocycles. The summed E-state index contributed by atoms with van der Waals surface area (Å²) in [5.74, 6) is 0. The molecule has 1 aromatic rings. The standard InChI is InChI=1S/C12H16N2O2/c1-7-3-9(5-13)4-8(2)11(7)12(16)10(15)6-14/h3-4,10,12,15-16H,6,14H2,1-2H3. The molecule has 0 saturated carbocycles. The summed E-state index contributed by atoms with van der Waals surface area (Å²) in [6.45, 7) is 3.60. The summed E-state index contributed by atoms with van der Waals surface area (Å²) in [4.78, 5) is 0. The lowest BCUT2D eigenvalue weighted by Crippen LogP contribution is -2.28. The summed E-state index contributed by atoms with van der Waals surface area (Å²) in [6.07, 6.45) is -1.98. The molecule has 2 atom stereocenters. The lowest BCUT2D eigenvalue weighted by atomic mass is 9.93. The highest BCUT2D eigenvalue weighted by Crippen LogP contribution is 2.25. The second-order valence-electron chi connectivity index (χ2n) is 3.88. The minimum atomic E-state index is -1.00. The van der Waals surface area contributed by atoms with Gasteiger partial charge in [-0.15, -0.1) is 0 Å². The summed E-state index contributed by atoms with van der Waals surface area (Å²) in [6, 6.07) is 5.43. The first kappa shape index (κ1) is 12.7. The monoisotopic (exact) mass is 220 g/mol. The summed E-state index contributed by atoms with van der Waals surface area (Å²) >= 11 is 0. The van der Waals surface area contributed by atoms with Gasteiger partial charge in [0.15, 0.2) is 0 Å². The van der Waals surface area contributed by atoms with E-state index >= 15 is 0 Å². The van der Waals surface area contributed by atoms with Crippen LogP contribution >= 0.6 is 0 Å². The van der Waals surface area contributed by atoms with Crippen molar-refractivity contribution < 1.29 is 10.2 Å². The van der Waals surface area contributed by atoms with Crippen molar-refractivity contribution in [2.75, 3.05) is 6.54 Å². The van der Waals surface area contributed by atoms with Crippen LogP contribution in [0.5, 0.6) is 0 Å². The molecule has 0 aromatic heterocycles. The zero-order valence-corrected chi connectivity index (χ0v) is 9.44. The lowest BCUT2D eigenvalue weighted by Gasteiger charge is -2.20. The number of hydrogen-bond acceptors (Lipinski definition) is 4. The molecule has 16 heavy (non-hydrogen) atoms. The van der Waals surface area contributed by atoms with E-state index in [2.05, 4.69) is 0 Å².